The standard InChI is InChI=1S/C25H29N7O/c1-16-9-10-19(15-32(16)17(2)33)25-30-23(18-6-5-11-28-13-18)12-24(31-25)29-22-8-4-7-21(26)20(22)14-27-3/h4-8,11-14,16,19,26-27H,9-10,15H2,1-3H3,(H,29,30,31)/b20-14+,26-21?/t16-,19+/m0/s1. The number of hydrogen-bond acceptors (Lipinski definition) is 7. The minimum Gasteiger partial charge on any atom is -0.393 e. The predicted octanol–water partition coefficient (Wildman–Crippen LogP) is 3.64. The fourth-order valence-corrected chi connectivity index (χ4v) is 4.24. The molecule has 0 aromatic carbocycles. The number of allylic oxidation sites excluding steroid dienone is 4. The Morgan fingerprint density at radius 1 is 1.30 bits per heavy atom. The molecular formula is C25H29N7O. The molecule has 170 valence electrons. The van der Waals surface area contributed by atoms with E-state index in [-0.39, 0.29) is 17.9 Å². The molecule has 4 rings (SSSR count). The van der Waals surface area contributed by atoms with Crippen molar-refractivity contribution < 1.29 is 4.79 Å². The van der Waals surface area contributed by atoms with Gasteiger partial charge in [-0.05, 0) is 44.1 Å². The number of carbonyl (C=O) groups excluding carboxylic acids is 1. The zero-order chi connectivity index (χ0) is 23.4. The molecule has 0 spiro atoms. The van der Waals surface area contributed by atoms with E-state index in [0.29, 0.717) is 23.9 Å². The van der Waals surface area contributed by atoms with Gasteiger partial charge in [0.15, 0.2) is 0 Å². The lowest BCUT2D eigenvalue weighted by Crippen LogP contribution is -2.44. The van der Waals surface area contributed by atoms with Crippen LogP contribution in [-0.2, 0) is 4.79 Å². The van der Waals surface area contributed by atoms with Crippen molar-refractivity contribution in [3.8, 4) is 11.3 Å². The molecular weight excluding hydrogens is 414 g/mol. The Bertz CT molecular complexity index is 1140. The van der Waals surface area contributed by atoms with Crippen LogP contribution in [0.4, 0.5) is 5.82 Å². The number of amides is 1. The van der Waals surface area contributed by atoms with Crippen LogP contribution in [0.25, 0.3) is 11.3 Å². The topological polar surface area (TPSA) is 107 Å². The molecule has 2 atom stereocenters. The maximum absolute atomic E-state index is 12.2. The molecule has 3 heterocycles. The molecule has 1 amide bonds. The van der Waals surface area contributed by atoms with E-state index < -0.39 is 0 Å². The molecule has 2 aliphatic rings. The third-order valence-electron chi connectivity index (χ3n) is 6.01. The van der Waals surface area contributed by atoms with Crippen molar-refractivity contribution in [1.29, 1.82) is 5.41 Å². The van der Waals surface area contributed by atoms with E-state index in [0.717, 1.165) is 35.4 Å². The van der Waals surface area contributed by atoms with E-state index in [2.05, 4.69) is 22.5 Å². The summed E-state index contributed by atoms with van der Waals surface area (Å²) in [6, 6.07) is 5.97. The van der Waals surface area contributed by atoms with Crippen molar-refractivity contribution in [2.45, 2.75) is 38.6 Å². The van der Waals surface area contributed by atoms with Gasteiger partial charge in [0.1, 0.15) is 11.6 Å². The minimum atomic E-state index is 0.0492. The lowest BCUT2D eigenvalue weighted by atomic mass is 9.92. The van der Waals surface area contributed by atoms with Gasteiger partial charge in [0.2, 0.25) is 5.91 Å². The van der Waals surface area contributed by atoms with Crippen LogP contribution in [0.1, 0.15) is 38.4 Å². The zero-order valence-corrected chi connectivity index (χ0v) is 19.2. The van der Waals surface area contributed by atoms with Gasteiger partial charge in [-0.25, -0.2) is 9.97 Å². The molecule has 0 saturated carbocycles. The number of nitrogens with one attached hydrogen (secondary N) is 3. The average Bonchev–Trinajstić information content (AvgIpc) is 2.82. The molecule has 0 bridgehead atoms. The summed E-state index contributed by atoms with van der Waals surface area (Å²) >= 11 is 0. The Hall–Kier alpha value is -3.81. The van der Waals surface area contributed by atoms with Crippen LogP contribution in [0.15, 0.2) is 66.3 Å². The summed E-state index contributed by atoms with van der Waals surface area (Å²) in [5.41, 5.74) is 3.60. The molecule has 0 unspecified atom stereocenters. The van der Waals surface area contributed by atoms with Crippen molar-refractivity contribution in [2.75, 3.05) is 18.9 Å². The number of likely N-dealkylation sites (tertiary alicyclic amines) is 1. The summed E-state index contributed by atoms with van der Waals surface area (Å²) < 4.78 is 0. The van der Waals surface area contributed by atoms with E-state index >= 15 is 0 Å². The molecule has 1 aliphatic carbocycles. The van der Waals surface area contributed by atoms with E-state index in [9.17, 15) is 4.79 Å². The molecule has 2 aromatic rings. The summed E-state index contributed by atoms with van der Waals surface area (Å²) in [4.78, 5) is 28.0. The predicted molar refractivity (Wildman–Crippen MR) is 130 cm³/mol. The highest BCUT2D eigenvalue weighted by Crippen LogP contribution is 2.31. The third-order valence-corrected chi connectivity index (χ3v) is 6.01. The lowest BCUT2D eigenvalue weighted by molar-refractivity contribution is -0.132. The van der Waals surface area contributed by atoms with Gasteiger partial charge >= 0.3 is 0 Å². The highest BCUT2D eigenvalue weighted by atomic mass is 16.2. The summed E-state index contributed by atoms with van der Waals surface area (Å²) in [5.74, 6) is 1.47. The molecule has 1 aliphatic heterocycles. The van der Waals surface area contributed by atoms with E-state index in [4.69, 9.17) is 15.4 Å². The van der Waals surface area contributed by atoms with E-state index in [1.54, 1.807) is 31.6 Å². The number of aromatic nitrogens is 3. The Morgan fingerprint density at radius 2 is 2.15 bits per heavy atom. The van der Waals surface area contributed by atoms with Crippen LogP contribution in [0.5, 0.6) is 0 Å². The van der Waals surface area contributed by atoms with E-state index in [1.807, 2.05) is 42.3 Å². The molecule has 8 nitrogen and oxygen atoms in total. The van der Waals surface area contributed by atoms with Crippen molar-refractivity contribution in [2.24, 2.45) is 0 Å². The average molecular weight is 444 g/mol. The second kappa shape index (κ2) is 9.77. The number of hydrogen-bond donors (Lipinski definition) is 3. The monoisotopic (exact) mass is 443 g/mol. The lowest BCUT2D eigenvalue weighted by Gasteiger charge is -2.37. The number of carbonyl (C=O) groups is 1. The highest BCUT2D eigenvalue weighted by Gasteiger charge is 2.30. The maximum atomic E-state index is 12.2. The van der Waals surface area contributed by atoms with E-state index in [1.165, 1.54) is 0 Å². The Kier molecular flexibility index (Phi) is 6.63. The molecule has 1 fully saturated rings. The second-order valence-electron chi connectivity index (χ2n) is 8.36. The molecule has 0 radical (unpaired) electrons. The van der Waals surface area contributed by atoms with Crippen LogP contribution in [0, 0.1) is 5.41 Å². The first-order valence-corrected chi connectivity index (χ1v) is 11.1. The first kappa shape index (κ1) is 22.4. The number of piperidine rings is 1. The SMILES string of the molecule is CN/C=C1\C(=N)C=CC=C1Nc1cc(-c2cccnc2)nc([C@@H]2CC[C@H](C)N(C(C)=O)C2)n1. The van der Waals surface area contributed by atoms with Gasteiger partial charge in [-0.2, -0.15) is 0 Å². The Labute approximate surface area is 194 Å². The zero-order valence-electron chi connectivity index (χ0n) is 19.2. The second-order valence-corrected chi connectivity index (χ2v) is 8.36. The first-order chi connectivity index (χ1) is 16.0. The molecule has 33 heavy (non-hydrogen) atoms. The Morgan fingerprint density at radius 3 is 2.88 bits per heavy atom. The van der Waals surface area contributed by atoms with Crippen LogP contribution >= 0.6 is 0 Å². The normalized spacial score (nSPS) is 21.7. The van der Waals surface area contributed by atoms with Crippen molar-refractivity contribution in [3.05, 3.63) is 72.1 Å². The number of rotatable bonds is 5. The maximum Gasteiger partial charge on any atom is 0.219 e. The van der Waals surface area contributed by atoms with Gasteiger partial charge in [0, 0.05) is 68.3 Å². The minimum absolute atomic E-state index is 0.0492. The van der Waals surface area contributed by atoms with Crippen LogP contribution in [0.2, 0.25) is 0 Å². The van der Waals surface area contributed by atoms with Crippen LogP contribution < -0.4 is 10.6 Å². The highest BCUT2D eigenvalue weighted by molar-refractivity contribution is 6.11. The van der Waals surface area contributed by atoms with Gasteiger partial charge in [-0.15, -0.1) is 0 Å². The van der Waals surface area contributed by atoms with Gasteiger partial charge in [0.05, 0.1) is 17.1 Å². The number of nitrogens with zero attached hydrogens (tertiary/aromatic N) is 4. The van der Waals surface area contributed by atoms with Crippen molar-refractivity contribution in [1.82, 2.24) is 25.2 Å². The summed E-state index contributed by atoms with van der Waals surface area (Å²) in [5, 5.41) is 14.6. The fourth-order valence-electron chi connectivity index (χ4n) is 4.24. The van der Waals surface area contributed by atoms with Crippen LogP contribution in [-0.4, -0.2) is 51.1 Å². The third kappa shape index (κ3) is 5.00. The summed E-state index contributed by atoms with van der Waals surface area (Å²) in [6.45, 7) is 4.31. The van der Waals surface area contributed by atoms with Crippen LogP contribution in [0.3, 0.4) is 0 Å². The number of anilines is 1. The largest absolute Gasteiger partial charge is 0.393 e. The van der Waals surface area contributed by atoms with Gasteiger partial charge < -0.3 is 20.9 Å². The van der Waals surface area contributed by atoms with Crippen molar-refractivity contribution >= 4 is 17.4 Å². The number of pyridine rings is 1. The smallest absolute Gasteiger partial charge is 0.219 e. The van der Waals surface area contributed by atoms with Crippen molar-refractivity contribution in [3.63, 3.8) is 0 Å². The molecule has 3 N–H and O–H groups in total. The Balaban J connectivity index is 1.72. The first-order valence-electron chi connectivity index (χ1n) is 11.1. The summed E-state index contributed by atoms with van der Waals surface area (Å²) in [7, 11) is 1.81. The summed E-state index contributed by atoms with van der Waals surface area (Å²) in [6.07, 6.45) is 12.7. The molecule has 8 heteroatoms. The van der Waals surface area contributed by atoms with Gasteiger partial charge in [-0.3, -0.25) is 9.78 Å². The quantitative estimate of drug-likeness (QED) is 0.651. The van der Waals surface area contributed by atoms with Gasteiger partial charge in [0.25, 0.3) is 0 Å². The molecule has 1 saturated heterocycles. The van der Waals surface area contributed by atoms with Gasteiger partial charge in [-0.1, -0.05) is 6.08 Å². The fraction of sp³-hybridized carbons (Fsp3) is 0.320. The molecule has 2 aromatic heterocycles.